The lowest BCUT2D eigenvalue weighted by Crippen LogP contribution is -2.43. The van der Waals surface area contributed by atoms with Gasteiger partial charge in [0.05, 0.1) is 11.3 Å². The predicted octanol–water partition coefficient (Wildman–Crippen LogP) is 4.72. The third-order valence-corrected chi connectivity index (χ3v) is 5.64. The minimum absolute atomic E-state index is 0.0583. The van der Waals surface area contributed by atoms with Crippen molar-refractivity contribution < 1.29 is 22.8 Å². The van der Waals surface area contributed by atoms with Crippen molar-refractivity contribution in [3.05, 3.63) is 28.8 Å². The second kappa shape index (κ2) is 6.40. The Bertz CT molecular complexity index is 794. The van der Waals surface area contributed by atoms with Crippen LogP contribution in [-0.4, -0.2) is 29.3 Å². The fourth-order valence-electron chi connectivity index (χ4n) is 4.86. The molecule has 1 heterocycles. The van der Waals surface area contributed by atoms with Crippen LogP contribution >= 0.6 is 11.6 Å². The molecule has 1 aliphatic carbocycles. The Balaban J connectivity index is 1.79. The molecule has 3 rings (SSSR count). The number of likely N-dealkylation sites (tertiary alicyclic amines) is 1. The summed E-state index contributed by atoms with van der Waals surface area (Å²) in [5.74, 6) is -1.85. The minimum atomic E-state index is -4.70. The molecular weight excluding hydrogens is 381 g/mol. The van der Waals surface area contributed by atoms with Crippen LogP contribution in [0, 0.1) is 10.8 Å². The first-order valence-electron chi connectivity index (χ1n) is 8.78. The van der Waals surface area contributed by atoms with E-state index < -0.39 is 29.2 Å². The molecule has 2 unspecified atom stereocenters. The highest BCUT2D eigenvalue weighted by Crippen LogP contribution is 2.52. The fraction of sp³-hybridized carbons (Fsp3) is 0.579. The van der Waals surface area contributed by atoms with Gasteiger partial charge in [0.2, 0.25) is 0 Å². The number of anilines is 1. The SMILES string of the molecule is CC1(C)CC2CC(C)(CN2C(=O)C(=O)Nc2ccc(Cl)cc2C(F)(F)F)C1. The maximum Gasteiger partial charge on any atom is 0.418 e. The molecule has 2 fully saturated rings. The molecule has 148 valence electrons. The van der Waals surface area contributed by atoms with Crippen LogP contribution in [0.25, 0.3) is 0 Å². The molecule has 2 atom stereocenters. The molecule has 1 saturated carbocycles. The van der Waals surface area contributed by atoms with Crippen molar-refractivity contribution in [2.24, 2.45) is 10.8 Å². The van der Waals surface area contributed by atoms with Crippen LogP contribution in [-0.2, 0) is 15.8 Å². The number of amides is 2. The summed E-state index contributed by atoms with van der Waals surface area (Å²) in [6.07, 6.45) is -2.17. The average Bonchev–Trinajstić information content (AvgIpc) is 2.76. The van der Waals surface area contributed by atoms with Gasteiger partial charge in [-0.3, -0.25) is 9.59 Å². The summed E-state index contributed by atoms with van der Waals surface area (Å²) in [6.45, 7) is 6.80. The van der Waals surface area contributed by atoms with Gasteiger partial charge in [0, 0.05) is 17.6 Å². The van der Waals surface area contributed by atoms with Gasteiger partial charge in [-0.05, 0) is 48.3 Å². The van der Waals surface area contributed by atoms with E-state index in [4.69, 9.17) is 11.6 Å². The zero-order valence-electron chi connectivity index (χ0n) is 15.4. The van der Waals surface area contributed by atoms with E-state index in [1.165, 1.54) is 11.0 Å². The number of carbonyl (C=O) groups is 2. The van der Waals surface area contributed by atoms with Crippen LogP contribution < -0.4 is 5.32 Å². The molecule has 1 aliphatic heterocycles. The van der Waals surface area contributed by atoms with Crippen molar-refractivity contribution in [3.8, 4) is 0 Å². The van der Waals surface area contributed by atoms with Crippen LogP contribution in [0.5, 0.6) is 0 Å². The molecule has 0 radical (unpaired) electrons. The van der Waals surface area contributed by atoms with Crippen molar-refractivity contribution >= 4 is 29.1 Å². The van der Waals surface area contributed by atoms with Crippen molar-refractivity contribution in [3.63, 3.8) is 0 Å². The van der Waals surface area contributed by atoms with Gasteiger partial charge in [-0.2, -0.15) is 13.2 Å². The molecule has 1 aromatic rings. The third kappa shape index (κ3) is 4.08. The van der Waals surface area contributed by atoms with Gasteiger partial charge >= 0.3 is 18.0 Å². The topological polar surface area (TPSA) is 49.4 Å². The summed E-state index contributed by atoms with van der Waals surface area (Å²) in [6, 6.07) is 2.96. The minimum Gasteiger partial charge on any atom is -0.331 e. The fourth-order valence-corrected chi connectivity index (χ4v) is 5.04. The van der Waals surface area contributed by atoms with E-state index in [9.17, 15) is 22.8 Å². The monoisotopic (exact) mass is 402 g/mol. The van der Waals surface area contributed by atoms with Gasteiger partial charge in [-0.15, -0.1) is 0 Å². The van der Waals surface area contributed by atoms with E-state index >= 15 is 0 Å². The van der Waals surface area contributed by atoms with Gasteiger partial charge in [-0.25, -0.2) is 0 Å². The lowest BCUT2D eigenvalue weighted by molar-refractivity contribution is -0.144. The highest BCUT2D eigenvalue weighted by atomic mass is 35.5. The molecule has 27 heavy (non-hydrogen) atoms. The molecule has 0 aromatic heterocycles. The maximum atomic E-state index is 13.2. The van der Waals surface area contributed by atoms with E-state index in [0.29, 0.717) is 6.54 Å². The van der Waals surface area contributed by atoms with Crippen LogP contribution in [0.2, 0.25) is 5.02 Å². The molecule has 8 heteroatoms. The summed E-state index contributed by atoms with van der Waals surface area (Å²) < 4.78 is 39.6. The number of alkyl halides is 3. The number of fused-ring (bicyclic) bond motifs is 2. The Labute approximate surface area is 161 Å². The summed E-state index contributed by atoms with van der Waals surface area (Å²) in [7, 11) is 0. The molecule has 1 saturated heterocycles. The first-order valence-corrected chi connectivity index (χ1v) is 9.16. The Morgan fingerprint density at radius 3 is 2.52 bits per heavy atom. The van der Waals surface area contributed by atoms with Gasteiger partial charge in [-0.1, -0.05) is 32.4 Å². The maximum absolute atomic E-state index is 13.2. The largest absolute Gasteiger partial charge is 0.418 e. The zero-order chi connectivity index (χ0) is 20.2. The van der Waals surface area contributed by atoms with E-state index in [1.54, 1.807) is 0 Å². The number of nitrogens with zero attached hydrogens (tertiary/aromatic N) is 1. The average molecular weight is 403 g/mol. The Morgan fingerprint density at radius 2 is 1.89 bits per heavy atom. The Hall–Kier alpha value is -1.76. The summed E-state index contributed by atoms with van der Waals surface area (Å²) in [5, 5.41) is 2.02. The van der Waals surface area contributed by atoms with E-state index in [0.717, 1.165) is 31.4 Å². The third-order valence-electron chi connectivity index (χ3n) is 5.41. The molecule has 2 aliphatic rings. The number of rotatable bonds is 1. The highest BCUT2D eigenvalue weighted by molar-refractivity contribution is 6.39. The molecule has 2 bridgehead atoms. The summed E-state index contributed by atoms with van der Waals surface area (Å²) >= 11 is 5.64. The summed E-state index contributed by atoms with van der Waals surface area (Å²) in [4.78, 5) is 26.6. The van der Waals surface area contributed by atoms with Gasteiger partial charge in [0.15, 0.2) is 0 Å². The number of halogens is 4. The molecule has 1 N–H and O–H groups in total. The van der Waals surface area contributed by atoms with Crippen LogP contribution in [0.15, 0.2) is 18.2 Å². The lowest BCUT2D eigenvalue weighted by Gasteiger charge is -2.39. The molecular formula is C19H22ClF3N2O2. The van der Waals surface area contributed by atoms with Gasteiger partial charge < -0.3 is 10.2 Å². The Kier molecular flexibility index (Phi) is 4.74. The van der Waals surface area contributed by atoms with E-state index in [2.05, 4.69) is 26.1 Å². The number of benzene rings is 1. The summed E-state index contributed by atoms with van der Waals surface area (Å²) in [5.41, 5.74) is -1.56. The first-order chi connectivity index (χ1) is 12.3. The van der Waals surface area contributed by atoms with Crippen molar-refractivity contribution in [1.82, 2.24) is 4.90 Å². The quantitative estimate of drug-likeness (QED) is 0.691. The number of nitrogens with one attached hydrogen (secondary N) is 1. The molecule has 2 amide bonds. The van der Waals surface area contributed by atoms with Gasteiger partial charge in [0.1, 0.15) is 0 Å². The normalized spacial score (nSPS) is 26.8. The van der Waals surface area contributed by atoms with Crippen LogP contribution in [0.4, 0.5) is 18.9 Å². The Morgan fingerprint density at radius 1 is 1.22 bits per heavy atom. The molecule has 0 spiro atoms. The van der Waals surface area contributed by atoms with Crippen molar-refractivity contribution in [1.29, 1.82) is 0 Å². The molecule has 4 nitrogen and oxygen atoms in total. The van der Waals surface area contributed by atoms with E-state index in [1.807, 2.05) is 0 Å². The number of hydrogen-bond acceptors (Lipinski definition) is 2. The highest BCUT2D eigenvalue weighted by Gasteiger charge is 2.51. The van der Waals surface area contributed by atoms with Crippen LogP contribution in [0.1, 0.15) is 45.6 Å². The smallest absolute Gasteiger partial charge is 0.331 e. The number of hydrogen-bond donors (Lipinski definition) is 1. The second-order valence-corrected chi connectivity index (χ2v) is 9.23. The predicted molar refractivity (Wildman–Crippen MR) is 96.3 cm³/mol. The lowest BCUT2D eigenvalue weighted by atomic mass is 9.65. The molecule has 1 aromatic carbocycles. The van der Waals surface area contributed by atoms with Crippen LogP contribution in [0.3, 0.4) is 0 Å². The standard InChI is InChI=1S/C19H22ClF3N2O2/c1-17(2)7-12-8-18(3,9-17)10-25(12)16(27)15(26)24-14-5-4-11(20)6-13(14)19(21,22)23/h4-6,12H,7-10H2,1-3H3,(H,24,26). The van der Waals surface area contributed by atoms with E-state index in [-0.39, 0.29) is 21.9 Å². The van der Waals surface area contributed by atoms with Gasteiger partial charge in [0.25, 0.3) is 0 Å². The zero-order valence-corrected chi connectivity index (χ0v) is 16.2. The first kappa shape index (κ1) is 20.0. The van der Waals surface area contributed by atoms with Crippen molar-refractivity contribution in [2.45, 2.75) is 52.3 Å². The van der Waals surface area contributed by atoms with Crippen molar-refractivity contribution in [2.75, 3.05) is 11.9 Å². The number of carbonyl (C=O) groups excluding carboxylic acids is 2. The second-order valence-electron chi connectivity index (χ2n) is 8.79.